The van der Waals surface area contributed by atoms with Crippen molar-refractivity contribution < 1.29 is 18.7 Å². The summed E-state index contributed by atoms with van der Waals surface area (Å²) < 4.78 is 23.1. The molecule has 3 aromatic rings. The number of amides is 2. The summed E-state index contributed by atoms with van der Waals surface area (Å²) in [5.74, 6) is -0.769. The number of hydrogen-bond donors (Lipinski definition) is 1. The third-order valence-corrected chi connectivity index (χ3v) is 4.39. The van der Waals surface area contributed by atoms with E-state index in [1.807, 2.05) is 4.57 Å². The average Bonchev–Trinajstić information content (AvgIpc) is 3.42. The van der Waals surface area contributed by atoms with Gasteiger partial charge in [-0.15, -0.1) is 5.10 Å². The molecule has 0 bridgehead atoms. The molecule has 4 rings (SSSR count). The van der Waals surface area contributed by atoms with Gasteiger partial charge in [0.15, 0.2) is 5.82 Å². The lowest BCUT2D eigenvalue weighted by molar-refractivity contribution is -0.119. The first-order valence-corrected chi connectivity index (χ1v) is 8.89. The van der Waals surface area contributed by atoms with Gasteiger partial charge in [-0.25, -0.2) is 18.9 Å². The van der Waals surface area contributed by atoms with Crippen LogP contribution >= 0.6 is 0 Å². The fraction of sp³-hybridized carbons (Fsp3) is 0.278. The van der Waals surface area contributed by atoms with Crippen LogP contribution in [-0.2, 0) is 16.1 Å². The number of benzene rings is 1. The molecule has 29 heavy (non-hydrogen) atoms. The van der Waals surface area contributed by atoms with Crippen LogP contribution in [0.5, 0.6) is 0 Å². The number of rotatable bonds is 6. The first-order valence-electron chi connectivity index (χ1n) is 8.89. The highest BCUT2D eigenvalue weighted by Gasteiger charge is 2.32. The van der Waals surface area contributed by atoms with Crippen LogP contribution < -0.4 is 10.2 Å². The Balaban J connectivity index is 1.48. The van der Waals surface area contributed by atoms with Crippen molar-refractivity contribution in [2.24, 2.45) is 0 Å². The van der Waals surface area contributed by atoms with E-state index in [-0.39, 0.29) is 24.7 Å². The minimum atomic E-state index is -0.587. The molecule has 1 aromatic carbocycles. The van der Waals surface area contributed by atoms with Crippen LogP contribution in [0.15, 0.2) is 43.1 Å². The Morgan fingerprint density at radius 3 is 3.00 bits per heavy atom. The zero-order chi connectivity index (χ0) is 20.4. The van der Waals surface area contributed by atoms with Crippen molar-refractivity contribution in [1.82, 2.24) is 29.9 Å². The number of aromatic nitrogens is 5. The second kappa shape index (κ2) is 7.70. The Morgan fingerprint density at radius 1 is 1.41 bits per heavy atom. The molecule has 1 aliphatic rings. The number of nitrogens with zero attached hydrogens (tertiary/aromatic N) is 6. The van der Waals surface area contributed by atoms with Crippen molar-refractivity contribution in [3.05, 3.63) is 54.6 Å². The van der Waals surface area contributed by atoms with E-state index in [1.54, 1.807) is 31.0 Å². The van der Waals surface area contributed by atoms with Gasteiger partial charge in [0.2, 0.25) is 5.91 Å². The fourth-order valence-electron chi connectivity index (χ4n) is 3.00. The van der Waals surface area contributed by atoms with Crippen molar-refractivity contribution >= 4 is 17.7 Å². The second-order valence-corrected chi connectivity index (χ2v) is 6.58. The van der Waals surface area contributed by atoms with E-state index in [2.05, 4.69) is 20.6 Å². The van der Waals surface area contributed by atoms with E-state index >= 15 is 0 Å². The van der Waals surface area contributed by atoms with Crippen molar-refractivity contribution in [3.8, 4) is 5.69 Å². The number of carbonyl (C=O) groups excluding carboxylic acids is 2. The smallest absolute Gasteiger partial charge is 0.414 e. The van der Waals surface area contributed by atoms with E-state index in [0.29, 0.717) is 17.9 Å². The number of imidazole rings is 1. The minimum Gasteiger partial charge on any atom is -0.442 e. The monoisotopic (exact) mass is 399 g/mol. The molecule has 150 valence electrons. The summed E-state index contributed by atoms with van der Waals surface area (Å²) in [5, 5.41) is 10.6. The highest BCUT2D eigenvalue weighted by Crippen LogP contribution is 2.25. The molecule has 0 aliphatic carbocycles. The van der Waals surface area contributed by atoms with Crippen LogP contribution in [-0.4, -0.2) is 55.7 Å². The number of halogens is 1. The molecule has 0 saturated carbocycles. The zero-order valence-electron chi connectivity index (χ0n) is 15.5. The summed E-state index contributed by atoms with van der Waals surface area (Å²) in [5.41, 5.74) is 1.22. The Kier molecular flexibility index (Phi) is 4.94. The fourth-order valence-corrected chi connectivity index (χ4v) is 3.00. The maximum atomic E-state index is 14.7. The summed E-state index contributed by atoms with van der Waals surface area (Å²) >= 11 is 0. The number of ether oxygens (including phenoxy) is 1. The predicted octanol–water partition coefficient (Wildman–Crippen LogP) is 1.11. The van der Waals surface area contributed by atoms with Crippen molar-refractivity contribution in [1.29, 1.82) is 0 Å². The Hall–Kier alpha value is -3.76. The largest absolute Gasteiger partial charge is 0.442 e. The SMILES string of the molecule is CC(=O)NCC1CN(c2ccc(-n3cc(Cn4ccnc4)nn3)c(F)c2)C(=O)O1. The molecule has 0 spiro atoms. The van der Waals surface area contributed by atoms with Gasteiger partial charge in [0.05, 0.1) is 37.8 Å². The third-order valence-electron chi connectivity index (χ3n) is 4.39. The number of nitrogens with one attached hydrogen (secondary N) is 1. The number of carbonyl (C=O) groups is 2. The van der Waals surface area contributed by atoms with Gasteiger partial charge in [0.25, 0.3) is 0 Å². The first-order chi connectivity index (χ1) is 14.0. The number of cyclic esters (lactones) is 1. The van der Waals surface area contributed by atoms with Crippen LogP contribution in [0.4, 0.5) is 14.9 Å². The quantitative estimate of drug-likeness (QED) is 0.666. The lowest BCUT2D eigenvalue weighted by atomic mass is 10.2. The predicted molar refractivity (Wildman–Crippen MR) is 98.9 cm³/mol. The summed E-state index contributed by atoms with van der Waals surface area (Å²) in [6, 6.07) is 4.38. The van der Waals surface area contributed by atoms with E-state index in [4.69, 9.17) is 4.74 Å². The summed E-state index contributed by atoms with van der Waals surface area (Å²) in [6.45, 7) is 2.27. The lowest BCUT2D eigenvalue weighted by Gasteiger charge is -2.14. The molecule has 1 aliphatic heterocycles. The third kappa shape index (κ3) is 4.08. The standard InChI is InChI=1S/C18H18FN7O3/c1-12(27)21-7-15-10-25(18(28)29-15)14-2-3-17(16(19)6-14)26-9-13(22-23-26)8-24-5-4-20-11-24/h2-6,9,11,15H,7-8,10H2,1H3,(H,21,27). The maximum Gasteiger partial charge on any atom is 0.414 e. The van der Waals surface area contributed by atoms with Crippen molar-refractivity contribution in [2.75, 3.05) is 18.0 Å². The van der Waals surface area contributed by atoms with Crippen LogP contribution in [0.25, 0.3) is 5.69 Å². The van der Waals surface area contributed by atoms with Gasteiger partial charge in [0.1, 0.15) is 17.5 Å². The van der Waals surface area contributed by atoms with Crippen molar-refractivity contribution in [3.63, 3.8) is 0 Å². The van der Waals surface area contributed by atoms with Gasteiger partial charge in [-0.05, 0) is 18.2 Å². The second-order valence-electron chi connectivity index (χ2n) is 6.58. The highest BCUT2D eigenvalue weighted by atomic mass is 19.1. The lowest BCUT2D eigenvalue weighted by Crippen LogP contribution is -2.33. The zero-order valence-corrected chi connectivity index (χ0v) is 15.5. The molecule has 1 saturated heterocycles. The van der Waals surface area contributed by atoms with Gasteiger partial charge in [-0.1, -0.05) is 5.21 Å². The van der Waals surface area contributed by atoms with Crippen LogP contribution in [0, 0.1) is 5.82 Å². The molecular weight excluding hydrogens is 381 g/mol. The molecule has 2 aromatic heterocycles. The van der Waals surface area contributed by atoms with Crippen molar-refractivity contribution in [2.45, 2.75) is 19.6 Å². The molecule has 1 unspecified atom stereocenters. The molecule has 1 atom stereocenters. The highest BCUT2D eigenvalue weighted by molar-refractivity contribution is 5.90. The van der Waals surface area contributed by atoms with E-state index < -0.39 is 18.0 Å². The molecule has 2 amide bonds. The summed E-state index contributed by atoms with van der Waals surface area (Å²) in [6.07, 6.45) is 5.66. The first kappa shape index (κ1) is 18.6. The van der Waals surface area contributed by atoms with Gasteiger partial charge in [-0.3, -0.25) is 9.69 Å². The number of anilines is 1. The molecule has 0 radical (unpaired) electrons. The van der Waals surface area contributed by atoms with E-state index in [1.165, 1.54) is 28.6 Å². The molecule has 1 N–H and O–H groups in total. The van der Waals surface area contributed by atoms with Crippen LogP contribution in [0.3, 0.4) is 0 Å². The molecular formula is C18H18FN7O3. The van der Waals surface area contributed by atoms with Gasteiger partial charge in [-0.2, -0.15) is 0 Å². The van der Waals surface area contributed by atoms with E-state index in [0.717, 1.165) is 0 Å². The minimum absolute atomic E-state index is 0.205. The average molecular weight is 399 g/mol. The molecule has 3 heterocycles. The Morgan fingerprint density at radius 2 is 2.28 bits per heavy atom. The van der Waals surface area contributed by atoms with Crippen LogP contribution in [0.1, 0.15) is 12.6 Å². The molecule has 10 nitrogen and oxygen atoms in total. The molecule has 1 fully saturated rings. The maximum absolute atomic E-state index is 14.7. The van der Waals surface area contributed by atoms with Gasteiger partial charge >= 0.3 is 6.09 Å². The topological polar surface area (TPSA) is 107 Å². The van der Waals surface area contributed by atoms with Crippen LogP contribution in [0.2, 0.25) is 0 Å². The Labute approximate surface area is 164 Å². The number of hydrogen-bond acceptors (Lipinski definition) is 6. The van der Waals surface area contributed by atoms with Gasteiger partial charge < -0.3 is 14.6 Å². The Bertz CT molecular complexity index is 1030. The molecule has 11 heteroatoms. The normalized spacial score (nSPS) is 16.1. The van der Waals surface area contributed by atoms with E-state index in [9.17, 15) is 14.0 Å². The summed E-state index contributed by atoms with van der Waals surface area (Å²) in [7, 11) is 0. The van der Waals surface area contributed by atoms with Gasteiger partial charge in [0, 0.05) is 19.3 Å². The summed E-state index contributed by atoms with van der Waals surface area (Å²) in [4.78, 5) is 28.4.